The highest BCUT2D eigenvalue weighted by Gasteiger charge is 2.40. The van der Waals surface area contributed by atoms with E-state index in [0.717, 1.165) is 16.9 Å². The van der Waals surface area contributed by atoms with Crippen LogP contribution in [0.4, 0.5) is 11.4 Å². The minimum atomic E-state index is -2.57. The summed E-state index contributed by atoms with van der Waals surface area (Å²) in [5.41, 5.74) is 2.35. The predicted octanol–water partition coefficient (Wildman–Crippen LogP) is 2.48. The van der Waals surface area contributed by atoms with E-state index < -0.39 is 8.32 Å². The van der Waals surface area contributed by atoms with Gasteiger partial charge in [-0.1, -0.05) is 50.2 Å². The molecule has 1 N–H and O–H groups in total. The van der Waals surface area contributed by atoms with E-state index in [0.29, 0.717) is 5.92 Å². The highest BCUT2D eigenvalue weighted by Crippen LogP contribution is 2.30. The summed E-state index contributed by atoms with van der Waals surface area (Å²) in [5.74, 6) is 0.570. The number of fused-ring (bicyclic) bond motifs is 2. The third-order valence-electron chi connectivity index (χ3n) is 3.99. The first kappa shape index (κ1) is 13.4. The van der Waals surface area contributed by atoms with Gasteiger partial charge in [0.1, 0.15) is 0 Å². The van der Waals surface area contributed by atoms with E-state index in [4.69, 9.17) is 0 Å². The summed E-state index contributed by atoms with van der Waals surface area (Å²) in [5, 5.41) is 2.25. The van der Waals surface area contributed by atoms with Gasteiger partial charge in [0, 0.05) is 17.9 Å². The van der Waals surface area contributed by atoms with Crippen LogP contribution in [0.3, 0.4) is 0 Å². The van der Waals surface area contributed by atoms with Crippen LogP contribution in [0.2, 0.25) is 6.55 Å². The maximum Gasteiger partial charge on any atom is 0.253 e. The molecule has 2 nitrogen and oxygen atoms in total. The van der Waals surface area contributed by atoms with Crippen molar-refractivity contribution in [2.45, 2.75) is 20.4 Å². The summed E-state index contributed by atoms with van der Waals surface area (Å²) in [6.07, 6.45) is 0. The van der Waals surface area contributed by atoms with Gasteiger partial charge in [-0.25, -0.2) is 0 Å². The Morgan fingerprint density at radius 1 is 0.950 bits per heavy atom. The fourth-order valence-electron chi connectivity index (χ4n) is 3.08. The molecule has 0 bridgehead atoms. The normalized spacial score (nSPS) is 15.9. The topological polar surface area (TPSA) is 23.5 Å². The Hall–Kier alpha value is -1.58. The predicted molar refractivity (Wildman–Crippen MR) is 87.8 cm³/mol. The first-order valence-corrected chi connectivity index (χ1v) is 9.65. The Balaban J connectivity index is 2.24. The molecule has 3 heteroatoms. The number of benzene rings is 2. The van der Waals surface area contributed by atoms with Crippen LogP contribution in [0, 0.1) is 5.92 Å². The molecule has 0 unspecified atom stereocenters. The van der Waals surface area contributed by atoms with E-state index in [2.05, 4.69) is 55.1 Å². The van der Waals surface area contributed by atoms with Crippen molar-refractivity contribution in [1.82, 2.24) is 0 Å². The van der Waals surface area contributed by atoms with E-state index in [1.165, 1.54) is 11.4 Å². The van der Waals surface area contributed by atoms with Gasteiger partial charge in [0.2, 0.25) is 0 Å². The van der Waals surface area contributed by atoms with Gasteiger partial charge < -0.3 is 9.70 Å². The van der Waals surface area contributed by atoms with Crippen molar-refractivity contribution in [2.75, 3.05) is 11.4 Å². The first-order valence-electron chi connectivity index (χ1n) is 7.20. The van der Waals surface area contributed by atoms with Crippen LogP contribution in [0.1, 0.15) is 13.8 Å². The summed E-state index contributed by atoms with van der Waals surface area (Å²) in [6.45, 7) is 7.46. The molecule has 0 radical (unpaired) electrons. The SMILES string of the molecule is CC(C)CN1c2ccccc2[Si](C)(O)c2ccccc21. The Kier molecular flexibility index (Phi) is 3.19. The molecular formula is C17H21NOSi. The molecular weight excluding hydrogens is 262 g/mol. The summed E-state index contributed by atoms with van der Waals surface area (Å²) in [7, 11) is -2.57. The van der Waals surface area contributed by atoms with Gasteiger partial charge in [-0.15, -0.1) is 0 Å². The Morgan fingerprint density at radius 3 is 1.85 bits per heavy atom. The van der Waals surface area contributed by atoms with Crippen LogP contribution in [0.25, 0.3) is 0 Å². The Labute approximate surface area is 121 Å². The van der Waals surface area contributed by atoms with E-state index in [9.17, 15) is 4.80 Å². The lowest BCUT2D eigenvalue weighted by molar-refractivity contribution is 0.573. The fraction of sp³-hybridized carbons (Fsp3) is 0.294. The number of anilines is 2. The van der Waals surface area contributed by atoms with Crippen LogP contribution in [0.5, 0.6) is 0 Å². The minimum absolute atomic E-state index is 0.570. The molecule has 0 amide bonds. The second-order valence-electron chi connectivity index (χ2n) is 6.11. The summed E-state index contributed by atoms with van der Waals surface area (Å²) < 4.78 is 0. The van der Waals surface area contributed by atoms with E-state index in [-0.39, 0.29) is 0 Å². The van der Waals surface area contributed by atoms with Crippen LogP contribution < -0.4 is 15.3 Å². The lowest BCUT2D eigenvalue weighted by Crippen LogP contribution is -2.61. The molecule has 0 aromatic heterocycles. The molecule has 0 spiro atoms. The van der Waals surface area contributed by atoms with Crippen molar-refractivity contribution in [3.63, 3.8) is 0 Å². The molecule has 0 saturated heterocycles. The fourth-order valence-corrected chi connectivity index (χ4v) is 5.64. The molecule has 0 fully saturated rings. The van der Waals surface area contributed by atoms with Gasteiger partial charge in [-0.2, -0.15) is 0 Å². The Bertz CT molecular complexity index is 587. The van der Waals surface area contributed by atoms with Gasteiger partial charge in [-0.3, -0.25) is 0 Å². The highest BCUT2D eigenvalue weighted by atomic mass is 28.4. The molecule has 1 heterocycles. The number of nitrogens with zero attached hydrogens (tertiary/aromatic N) is 1. The molecule has 3 rings (SSSR count). The van der Waals surface area contributed by atoms with Crippen LogP contribution in [-0.4, -0.2) is 19.7 Å². The third kappa shape index (κ3) is 1.98. The number of rotatable bonds is 2. The van der Waals surface area contributed by atoms with Crippen molar-refractivity contribution < 1.29 is 4.80 Å². The van der Waals surface area contributed by atoms with E-state index in [1.807, 2.05) is 18.7 Å². The lowest BCUT2D eigenvalue weighted by Gasteiger charge is -2.40. The van der Waals surface area contributed by atoms with Crippen molar-refractivity contribution in [1.29, 1.82) is 0 Å². The lowest BCUT2D eigenvalue weighted by atomic mass is 10.1. The number of hydrogen-bond acceptors (Lipinski definition) is 2. The molecule has 104 valence electrons. The maximum absolute atomic E-state index is 11.1. The van der Waals surface area contributed by atoms with Gasteiger partial charge >= 0.3 is 0 Å². The van der Waals surface area contributed by atoms with Crippen molar-refractivity contribution >= 4 is 30.1 Å². The molecule has 1 aliphatic heterocycles. The van der Waals surface area contributed by atoms with Crippen LogP contribution in [-0.2, 0) is 0 Å². The molecule has 0 saturated carbocycles. The van der Waals surface area contributed by atoms with Gasteiger partial charge in [-0.05, 0) is 35.0 Å². The maximum atomic E-state index is 11.1. The third-order valence-corrected chi connectivity index (χ3v) is 6.93. The van der Waals surface area contributed by atoms with Gasteiger partial charge in [0.05, 0.1) is 0 Å². The zero-order valence-corrected chi connectivity index (χ0v) is 13.3. The number of hydrogen-bond donors (Lipinski definition) is 1. The number of para-hydroxylation sites is 2. The molecule has 2 aromatic carbocycles. The van der Waals surface area contributed by atoms with Crippen molar-refractivity contribution in [3.8, 4) is 0 Å². The van der Waals surface area contributed by atoms with Crippen molar-refractivity contribution in [3.05, 3.63) is 48.5 Å². The average molecular weight is 283 g/mol. The van der Waals surface area contributed by atoms with E-state index in [1.54, 1.807) is 0 Å². The second kappa shape index (κ2) is 4.76. The van der Waals surface area contributed by atoms with Crippen molar-refractivity contribution in [2.24, 2.45) is 5.92 Å². The summed E-state index contributed by atoms with van der Waals surface area (Å²) >= 11 is 0. The highest BCUT2D eigenvalue weighted by molar-refractivity contribution is 6.98. The monoisotopic (exact) mass is 283 g/mol. The molecule has 20 heavy (non-hydrogen) atoms. The summed E-state index contributed by atoms with van der Waals surface area (Å²) in [4.78, 5) is 13.5. The minimum Gasteiger partial charge on any atom is -0.424 e. The first-order chi connectivity index (χ1) is 9.51. The molecule has 0 aliphatic carbocycles. The van der Waals surface area contributed by atoms with Gasteiger partial charge in [0.15, 0.2) is 0 Å². The molecule has 1 aliphatic rings. The quantitative estimate of drug-likeness (QED) is 0.856. The Morgan fingerprint density at radius 2 is 1.40 bits per heavy atom. The van der Waals surface area contributed by atoms with E-state index >= 15 is 0 Å². The zero-order valence-electron chi connectivity index (χ0n) is 12.3. The van der Waals surface area contributed by atoms with Crippen LogP contribution in [0.15, 0.2) is 48.5 Å². The molecule has 2 aromatic rings. The summed E-state index contributed by atoms with van der Waals surface area (Å²) in [6, 6.07) is 16.6. The molecule has 0 atom stereocenters. The largest absolute Gasteiger partial charge is 0.424 e. The second-order valence-corrected chi connectivity index (χ2v) is 9.33. The average Bonchev–Trinajstić information content (AvgIpc) is 2.44. The van der Waals surface area contributed by atoms with Crippen LogP contribution >= 0.6 is 0 Å². The zero-order chi connectivity index (χ0) is 14.3. The van der Waals surface area contributed by atoms with Gasteiger partial charge in [0.25, 0.3) is 8.32 Å². The smallest absolute Gasteiger partial charge is 0.253 e. The standard InChI is InChI=1S/C17H21NOSi/c1-13(2)12-18-14-8-4-6-10-16(14)20(3,19)17-11-7-5-9-15(17)18/h4-11,13,19H,12H2,1-3H3.